The van der Waals surface area contributed by atoms with Crippen molar-refractivity contribution in [3.8, 4) is 0 Å². The average Bonchev–Trinajstić information content (AvgIpc) is 3.14. The normalized spacial score (nSPS) is 24.4. The van der Waals surface area contributed by atoms with Crippen LogP contribution in [-0.2, 0) is 9.47 Å². The summed E-state index contributed by atoms with van der Waals surface area (Å²) in [5.74, 6) is 0.875. The first-order chi connectivity index (χ1) is 12.2. The fourth-order valence-electron chi connectivity index (χ4n) is 3.23. The van der Waals surface area contributed by atoms with E-state index in [2.05, 4.69) is 39.4 Å². The molecule has 2 atom stereocenters. The van der Waals surface area contributed by atoms with Crippen molar-refractivity contribution in [1.82, 2.24) is 20.4 Å². The van der Waals surface area contributed by atoms with Crippen LogP contribution in [0.2, 0.25) is 0 Å². The number of nitrogens with one attached hydrogen (secondary N) is 2. The molecule has 0 radical (unpaired) electrons. The first-order valence-electron chi connectivity index (χ1n) is 9.75. The summed E-state index contributed by atoms with van der Waals surface area (Å²) in [6.07, 6.45) is 3.60. The van der Waals surface area contributed by atoms with Crippen molar-refractivity contribution in [3.05, 3.63) is 0 Å². The monoisotopic (exact) mass is 355 g/mol. The lowest BCUT2D eigenvalue weighted by molar-refractivity contribution is 0.0168. The summed E-state index contributed by atoms with van der Waals surface area (Å²) < 4.78 is 11.2. The van der Waals surface area contributed by atoms with Crippen molar-refractivity contribution in [3.63, 3.8) is 0 Å². The standard InChI is InChI=1S/C18H37N5O2/c1-16(23-10-8-22(3)9-11-23)14-21-18(19-2)20-7-5-12-24-15-17-6-4-13-25-17/h16-17H,4-15H2,1-3H3,(H2,19,20,21). The number of likely N-dealkylation sites (N-methyl/N-ethyl adjacent to an activating group) is 1. The Kier molecular flexibility index (Phi) is 9.54. The lowest BCUT2D eigenvalue weighted by atomic mass is 10.2. The van der Waals surface area contributed by atoms with Crippen LogP contribution >= 0.6 is 0 Å². The van der Waals surface area contributed by atoms with E-state index in [1.54, 1.807) is 0 Å². The van der Waals surface area contributed by atoms with Gasteiger partial charge in [-0.2, -0.15) is 0 Å². The number of aliphatic imine (C=N–C) groups is 1. The minimum absolute atomic E-state index is 0.318. The fourth-order valence-corrected chi connectivity index (χ4v) is 3.23. The van der Waals surface area contributed by atoms with Crippen molar-refractivity contribution in [1.29, 1.82) is 0 Å². The second-order valence-electron chi connectivity index (χ2n) is 7.13. The van der Waals surface area contributed by atoms with Gasteiger partial charge in [0.25, 0.3) is 0 Å². The van der Waals surface area contributed by atoms with Crippen LogP contribution in [0.4, 0.5) is 0 Å². The Balaban J connectivity index is 1.49. The maximum atomic E-state index is 5.68. The summed E-state index contributed by atoms with van der Waals surface area (Å²) in [6, 6.07) is 0.516. The highest BCUT2D eigenvalue weighted by Crippen LogP contribution is 2.11. The first kappa shape index (κ1) is 20.4. The summed E-state index contributed by atoms with van der Waals surface area (Å²) in [5, 5.41) is 6.80. The molecule has 2 heterocycles. The number of rotatable bonds is 9. The van der Waals surface area contributed by atoms with Gasteiger partial charge in [0.15, 0.2) is 5.96 Å². The Morgan fingerprint density at radius 3 is 2.76 bits per heavy atom. The first-order valence-corrected chi connectivity index (χ1v) is 9.75. The van der Waals surface area contributed by atoms with Crippen LogP contribution in [0, 0.1) is 0 Å². The molecule has 7 heteroatoms. The number of piperazine rings is 1. The molecule has 7 nitrogen and oxygen atoms in total. The molecule has 2 fully saturated rings. The van der Waals surface area contributed by atoms with Gasteiger partial charge in [0.2, 0.25) is 0 Å². The van der Waals surface area contributed by atoms with Crippen LogP contribution in [-0.4, -0.2) is 101 Å². The van der Waals surface area contributed by atoms with E-state index in [9.17, 15) is 0 Å². The molecule has 2 aliphatic rings. The predicted octanol–water partition coefficient (Wildman–Crippen LogP) is 0.373. The van der Waals surface area contributed by atoms with Crippen LogP contribution in [0.3, 0.4) is 0 Å². The maximum absolute atomic E-state index is 5.68. The van der Waals surface area contributed by atoms with E-state index in [-0.39, 0.29) is 0 Å². The summed E-state index contributed by atoms with van der Waals surface area (Å²) in [7, 11) is 4.01. The molecule has 0 aromatic carbocycles. The van der Waals surface area contributed by atoms with Crippen molar-refractivity contribution >= 4 is 5.96 Å². The third-order valence-corrected chi connectivity index (χ3v) is 5.04. The lowest BCUT2D eigenvalue weighted by Gasteiger charge is -2.36. The van der Waals surface area contributed by atoms with E-state index in [0.29, 0.717) is 12.1 Å². The molecule has 0 aromatic heterocycles. The van der Waals surface area contributed by atoms with Gasteiger partial charge in [-0.05, 0) is 33.2 Å². The van der Waals surface area contributed by atoms with E-state index in [4.69, 9.17) is 9.47 Å². The average molecular weight is 356 g/mol. The Bertz CT molecular complexity index is 380. The quantitative estimate of drug-likeness (QED) is 0.354. The minimum atomic E-state index is 0.318. The highest BCUT2D eigenvalue weighted by atomic mass is 16.5. The summed E-state index contributed by atoms with van der Waals surface area (Å²) >= 11 is 0. The largest absolute Gasteiger partial charge is 0.379 e. The van der Waals surface area contributed by atoms with E-state index in [1.165, 1.54) is 6.42 Å². The Morgan fingerprint density at radius 2 is 2.08 bits per heavy atom. The number of hydrogen-bond donors (Lipinski definition) is 2. The smallest absolute Gasteiger partial charge is 0.191 e. The van der Waals surface area contributed by atoms with E-state index >= 15 is 0 Å². The zero-order valence-corrected chi connectivity index (χ0v) is 16.3. The van der Waals surface area contributed by atoms with Gasteiger partial charge in [-0.25, -0.2) is 0 Å². The summed E-state index contributed by atoms with van der Waals surface area (Å²) in [4.78, 5) is 9.23. The predicted molar refractivity (Wildman–Crippen MR) is 102 cm³/mol. The molecule has 2 N–H and O–H groups in total. The van der Waals surface area contributed by atoms with E-state index in [0.717, 1.165) is 77.9 Å². The number of ether oxygens (including phenoxy) is 2. The van der Waals surface area contributed by atoms with Gasteiger partial charge < -0.3 is 25.0 Å². The molecular formula is C18H37N5O2. The van der Waals surface area contributed by atoms with Gasteiger partial charge in [-0.3, -0.25) is 9.89 Å². The number of nitrogens with zero attached hydrogens (tertiary/aromatic N) is 3. The Morgan fingerprint density at radius 1 is 1.28 bits per heavy atom. The summed E-state index contributed by atoms with van der Waals surface area (Å²) in [6.45, 7) is 11.1. The maximum Gasteiger partial charge on any atom is 0.191 e. The van der Waals surface area contributed by atoms with Crippen LogP contribution in [0.5, 0.6) is 0 Å². The number of hydrogen-bond acceptors (Lipinski definition) is 5. The van der Waals surface area contributed by atoms with Crippen molar-refractivity contribution < 1.29 is 9.47 Å². The molecule has 146 valence electrons. The van der Waals surface area contributed by atoms with Gasteiger partial charge in [0.1, 0.15) is 0 Å². The van der Waals surface area contributed by atoms with Crippen molar-refractivity contribution in [2.45, 2.75) is 38.3 Å². The molecule has 2 saturated heterocycles. The van der Waals surface area contributed by atoms with Crippen LogP contribution in [0.25, 0.3) is 0 Å². The molecule has 0 bridgehead atoms. The third kappa shape index (κ3) is 7.90. The third-order valence-electron chi connectivity index (χ3n) is 5.04. The zero-order chi connectivity index (χ0) is 17.9. The summed E-state index contributed by atoms with van der Waals surface area (Å²) in [5.41, 5.74) is 0. The SMILES string of the molecule is CN=C(NCCCOCC1CCCO1)NCC(C)N1CCN(C)CC1. The fraction of sp³-hybridized carbons (Fsp3) is 0.944. The second-order valence-corrected chi connectivity index (χ2v) is 7.13. The molecular weight excluding hydrogens is 318 g/mol. The Labute approximate surface area is 153 Å². The van der Waals surface area contributed by atoms with Gasteiger partial charge in [0.05, 0.1) is 12.7 Å². The van der Waals surface area contributed by atoms with Gasteiger partial charge in [-0.1, -0.05) is 0 Å². The molecule has 0 spiro atoms. The molecule has 25 heavy (non-hydrogen) atoms. The highest BCUT2D eigenvalue weighted by molar-refractivity contribution is 5.79. The second kappa shape index (κ2) is 11.7. The zero-order valence-electron chi connectivity index (χ0n) is 16.3. The lowest BCUT2D eigenvalue weighted by Crippen LogP contribution is -2.52. The minimum Gasteiger partial charge on any atom is -0.379 e. The van der Waals surface area contributed by atoms with E-state index < -0.39 is 0 Å². The van der Waals surface area contributed by atoms with Crippen molar-refractivity contribution in [2.24, 2.45) is 4.99 Å². The molecule has 2 rings (SSSR count). The molecule has 2 unspecified atom stereocenters. The Hall–Kier alpha value is -0.890. The van der Waals surface area contributed by atoms with Gasteiger partial charge in [0, 0.05) is 65.6 Å². The number of guanidine groups is 1. The van der Waals surface area contributed by atoms with Gasteiger partial charge in [-0.15, -0.1) is 0 Å². The van der Waals surface area contributed by atoms with Crippen LogP contribution in [0.1, 0.15) is 26.2 Å². The van der Waals surface area contributed by atoms with Crippen LogP contribution in [0.15, 0.2) is 4.99 Å². The van der Waals surface area contributed by atoms with Crippen LogP contribution < -0.4 is 10.6 Å². The van der Waals surface area contributed by atoms with E-state index in [1.807, 2.05) is 7.05 Å². The molecule has 0 amide bonds. The highest BCUT2D eigenvalue weighted by Gasteiger charge is 2.19. The molecule has 0 saturated carbocycles. The molecule has 0 aromatic rings. The molecule has 0 aliphatic carbocycles. The van der Waals surface area contributed by atoms with Crippen molar-refractivity contribution in [2.75, 3.05) is 73.2 Å². The van der Waals surface area contributed by atoms with Gasteiger partial charge >= 0.3 is 0 Å². The topological polar surface area (TPSA) is 61.4 Å². The molecule has 2 aliphatic heterocycles.